The molecule has 1 aromatic rings. The van der Waals surface area contributed by atoms with E-state index in [1.807, 2.05) is 13.8 Å². The average molecular weight is 268 g/mol. The van der Waals surface area contributed by atoms with Gasteiger partial charge in [0.2, 0.25) is 0 Å². The van der Waals surface area contributed by atoms with E-state index >= 15 is 0 Å². The Morgan fingerprint density at radius 1 is 1.32 bits per heavy atom. The number of benzene rings is 1. The Kier molecular flexibility index (Phi) is 6.89. The molecule has 0 radical (unpaired) electrons. The van der Waals surface area contributed by atoms with Gasteiger partial charge in [-0.05, 0) is 26.3 Å². The van der Waals surface area contributed by atoms with Crippen LogP contribution >= 0.6 is 0 Å². The first-order valence-electron chi connectivity index (χ1n) is 6.46. The average Bonchev–Trinajstić information content (AvgIpc) is 2.37. The van der Waals surface area contributed by atoms with Gasteiger partial charge in [-0.1, -0.05) is 18.2 Å². The van der Waals surface area contributed by atoms with E-state index in [0.29, 0.717) is 18.7 Å². The molecule has 1 aromatic carbocycles. The first-order valence-corrected chi connectivity index (χ1v) is 6.46. The maximum atomic E-state index is 13.3. The molecule has 1 rings (SSSR count). The van der Waals surface area contributed by atoms with E-state index in [2.05, 4.69) is 10.6 Å². The topological polar surface area (TPSA) is 50.4 Å². The van der Waals surface area contributed by atoms with Gasteiger partial charge in [-0.15, -0.1) is 0 Å². The van der Waals surface area contributed by atoms with Crippen LogP contribution in [0.4, 0.5) is 9.18 Å². The van der Waals surface area contributed by atoms with Crippen LogP contribution in [0.25, 0.3) is 0 Å². The molecule has 0 saturated heterocycles. The molecule has 0 saturated carbocycles. The highest BCUT2D eigenvalue weighted by atomic mass is 19.1. The second-order valence-electron chi connectivity index (χ2n) is 4.47. The summed E-state index contributed by atoms with van der Waals surface area (Å²) >= 11 is 0. The number of rotatable bonds is 7. The van der Waals surface area contributed by atoms with Crippen molar-refractivity contribution in [2.75, 3.05) is 13.2 Å². The Hall–Kier alpha value is -1.62. The van der Waals surface area contributed by atoms with E-state index in [0.717, 1.165) is 6.42 Å². The normalized spacial score (nSPS) is 10.5. The lowest BCUT2D eigenvalue weighted by molar-refractivity contribution is 0.0774. The maximum absolute atomic E-state index is 13.3. The summed E-state index contributed by atoms with van der Waals surface area (Å²) in [6.45, 7) is 5.27. The van der Waals surface area contributed by atoms with Crippen molar-refractivity contribution in [3.05, 3.63) is 35.6 Å². The second-order valence-corrected chi connectivity index (χ2v) is 4.47. The van der Waals surface area contributed by atoms with E-state index in [1.165, 1.54) is 6.07 Å². The summed E-state index contributed by atoms with van der Waals surface area (Å²) in [6.07, 6.45) is 0.959. The summed E-state index contributed by atoms with van der Waals surface area (Å²) in [5, 5.41) is 5.30. The fraction of sp³-hybridized carbons (Fsp3) is 0.500. The zero-order valence-electron chi connectivity index (χ0n) is 11.4. The Labute approximate surface area is 113 Å². The molecule has 0 heterocycles. The third-order valence-electron chi connectivity index (χ3n) is 2.46. The van der Waals surface area contributed by atoms with Gasteiger partial charge >= 0.3 is 6.03 Å². The second kappa shape index (κ2) is 8.48. The van der Waals surface area contributed by atoms with Gasteiger partial charge in [-0.25, -0.2) is 9.18 Å². The Bertz CT molecular complexity index is 397. The van der Waals surface area contributed by atoms with Crippen molar-refractivity contribution < 1.29 is 13.9 Å². The van der Waals surface area contributed by atoms with Crippen LogP contribution in [0.3, 0.4) is 0 Å². The quantitative estimate of drug-likeness (QED) is 0.746. The third-order valence-corrected chi connectivity index (χ3v) is 2.46. The van der Waals surface area contributed by atoms with Crippen molar-refractivity contribution >= 4 is 6.03 Å². The van der Waals surface area contributed by atoms with E-state index in [1.54, 1.807) is 18.2 Å². The summed E-state index contributed by atoms with van der Waals surface area (Å²) in [6, 6.07) is 6.08. The molecule has 19 heavy (non-hydrogen) atoms. The molecule has 0 aromatic heterocycles. The smallest absolute Gasteiger partial charge is 0.315 e. The molecule has 0 aliphatic heterocycles. The zero-order valence-corrected chi connectivity index (χ0v) is 11.4. The van der Waals surface area contributed by atoms with E-state index in [-0.39, 0.29) is 24.5 Å². The van der Waals surface area contributed by atoms with Crippen molar-refractivity contribution in [2.24, 2.45) is 0 Å². The number of carbonyl (C=O) groups is 1. The third kappa shape index (κ3) is 6.76. The maximum Gasteiger partial charge on any atom is 0.315 e. The van der Waals surface area contributed by atoms with Crippen LogP contribution in [0, 0.1) is 5.82 Å². The molecule has 0 aliphatic carbocycles. The van der Waals surface area contributed by atoms with Gasteiger partial charge in [0, 0.05) is 25.3 Å². The molecule has 106 valence electrons. The van der Waals surface area contributed by atoms with E-state index in [9.17, 15) is 9.18 Å². The highest BCUT2D eigenvalue weighted by Crippen LogP contribution is 2.05. The van der Waals surface area contributed by atoms with Crippen molar-refractivity contribution in [1.29, 1.82) is 0 Å². The Morgan fingerprint density at radius 3 is 2.74 bits per heavy atom. The lowest BCUT2D eigenvalue weighted by atomic mass is 10.2. The minimum absolute atomic E-state index is 0.182. The molecule has 0 aliphatic rings. The molecule has 0 fully saturated rings. The number of hydrogen-bond acceptors (Lipinski definition) is 2. The van der Waals surface area contributed by atoms with Crippen molar-refractivity contribution in [3.63, 3.8) is 0 Å². The van der Waals surface area contributed by atoms with E-state index < -0.39 is 0 Å². The Balaban J connectivity index is 2.13. The fourth-order valence-electron chi connectivity index (χ4n) is 1.47. The highest BCUT2D eigenvalue weighted by Gasteiger charge is 2.03. The minimum atomic E-state index is -0.312. The van der Waals surface area contributed by atoms with Crippen LogP contribution in [0.1, 0.15) is 25.8 Å². The molecular weight excluding hydrogens is 247 g/mol. The van der Waals surface area contributed by atoms with Crippen LogP contribution in [0.15, 0.2) is 24.3 Å². The van der Waals surface area contributed by atoms with Gasteiger partial charge in [-0.2, -0.15) is 0 Å². The molecule has 0 bridgehead atoms. The largest absolute Gasteiger partial charge is 0.379 e. The van der Waals surface area contributed by atoms with Crippen molar-refractivity contribution in [3.8, 4) is 0 Å². The highest BCUT2D eigenvalue weighted by molar-refractivity contribution is 5.73. The molecule has 4 nitrogen and oxygen atoms in total. The number of ether oxygens (including phenoxy) is 1. The number of nitrogens with one attached hydrogen (secondary N) is 2. The SMILES string of the molecule is CC(C)OCCCNC(=O)NCc1ccccc1F. The van der Waals surface area contributed by atoms with Crippen LogP contribution < -0.4 is 10.6 Å². The van der Waals surface area contributed by atoms with Crippen molar-refractivity contribution in [2.45, 2.75) is 32.9 Å². The lowest BCUT2D eigenvalue weighted by Gasteiger charge is -2.09. The summed E-state index contributed by atoms with van der Waals surface area (Å²) in [5.41, 5.74) is 0.473. The summed E-state index contributed by atoms with van der Waals surface area (Å²) in [4.78, 5) is 11.4. The molecule has 0 atom stereocenters. The molecule has 2 N–H and O–H groups in total. The first kappa shape index (κ1) is 15.4. The van der Waals surface area contributed by atoms with Gasteiger partial charge in [0.15, 0.2) is 0 Å². The summed E-state index contributed by atoms with van der Waals surface area (Å²) in [7, 11) is 0. The lowest BCUT2D eigenvalue weighted by Crippen LogP contribution is -2.36. The van der Waals surface area contributed by atoms with Crippen molar-refractivity contribution in [1.82, 2.24) is 10.6 Å². The van der Waals surface area contributed by atoms with Gasteiger partial charge in [0.1, 0.15) is 5.82 Å². The van der Waals surface area contributed by atoms with E-state index in [4.69, 9.17) is 4.74 Å². The number of amides is 2. The molecule has 2 amide bonds. The predicted octanol–water partition coefficient (Wildman–Crippen LogP) is 2.44. The van der Waals surface area contributed by atoms with Gasteiger partial charge in [0.05, 0.1) is 6.10 Å². The number of hydrogen-bond donors (Lipinski definition) is 2. The van der Waals surface area contributed by atoms with Crippen LogP contribution in [0.2, 0.25) is 0 Å². The number of carbonyl (C=O) groups excluding carboxylic acids is 1. The summed E-state index contributed by atoms with van der Waals surface area (Å²) < 4.78 is 18.6. The fourth-order valence-corrected chi connectivity index (χ4v) is 1.47. The van der Waals surface area contributed by atoms with Crippen LogP contribution in [-0.2, 0) is 11.3 Å². The van der Waals surface area contributed by atoms with Gasteiger partial charge in [-0.3, -0.25) is 0 Å². The summed E-state index contributed by atoms with van der Waals surface area (Å²) in [5.74, 6) is -0.312. The monoisotopic (exact) mass is 268 g/mol. The number of urea groups is 1. The Morgan fingerprint density at radius 2 is 2.05 bits per heavy atom. The minimum Gasteiger partial charge on any atom is -0.379 e. The molecule has 5 heteroatoms. The van der Waals surface area contributed by atoms with Gasteiger partial charge in [0.25, 0.3) is 0 Å². The molecular formula is C14H21FN2O2. The molecule has 0 spiro atoms. The standard InChI is InChI=1S/C14H21FN2O2/c1-11(2)19-9-5-8-16-14(18)17-10-12-6-3-4-7-13(12)15/h3-4,6-7,11H,5,8-10H2,1-2H3,(H2,16,17,18). The zero-order chi connectivity index (χ0) is 14.1. The van der Waals surface area contributed by atoms with Gasteiger partial charge < -0.3 is 15.4 Å². The number of halogens is 1. The first-order chi connectivity index (χ1) is 9.09. The van der Waals surface area contributed by atoms with Crippen LogP contribution in [-0.4, -0.2) is 25.3 Å². The predicted molar refractivity (Wildman–Crippen MR) is 72.3 cm³/mol. The molecule has 0 unspecified atom stereocenters. The van der Waals surface area contributed by atoms with Crippen LogP contribution in [0.5, 0.6) is 0 Å².